The van der Waals surface area contributed by atoms with E-state index < -0.39 is 12.1 Å². The van der Waals surface area contributed by atoms with E-state index in [9.17, 15) is 9.90 Å². The number of aliphatic hydroxyl groups is 1. The second-order valence-electron chi connectivity index (χ2n) is 8.42. The Bertz CT molecular complexity index is 629. The second-order valence-corrected chi connectivity index (χ2v) is 8.42. The summed E-state index contributed by atoms with van der Waals surface area (Å²) in [6, 6.07) is 6.16. The summed E-state index contributed by atoms with van der Waals surface area (Å²) in [6.07, 6.45) is 2.45. The number of aliphatic hydroxyl groups excluding tert-OH is 1. The minimum Gasteiger partial charge on any atom is -0.491 e. The molecule has 5 nitrogen and oxygen atoms in total. The zero-order valence-corrected chi connectivity index (χ0v) is 15.3. The molecule has 0 unspecified atom stereocenters. The van der Waals surface area contributed by atoms with Crippen molar-refractivity contribution >= 4 is 5.97 Å². The first kappa shape index (κ1) is 18.2. The van der Waals surface area contributed by atoms with Crippen molar-refractivity contribution in [1.82, 2.24) is 5.32 Å². The van der Waals surface area contributed by atoms with E-state index in [0.29, 0.717) is 19.4 Å². The number of hydrogen-bond donors (Lipinski definition) is 3. The van der Waals surface area contributed by atoms with Crippen LogP contribution in [0.15, 0.2) is 18.2 Å². The number of rotatable bonds is 3. The topological polar surface area (TPSA) is 78.8 Å². The van der Waals surface area contributed by atoms with Gasteiger partial charge in [0.15, 0.2) is 0 Å². The molecular weight excluding hydrogens is 318 g/mol. The van der Waals surface area contributed by atoms with E-state index in [1.54, 1.807) is 0 Å². The zero-order chi connectivity index (χ0) is 18.2. The molecule has 0 aromatic heterocycles. The van der Waals surface area contributed by atoms with Crippen LogP contribution in [0.1, 0.15) is 63.7 Å². The van der Waals surface area contributed by atoms with Crippen molar-refractivity contribution < 1.29 is 19.7 Å². The quantitative estimate of drug-likeness (QED) is 0.783. The summed E-state index contributed by atoms with van der Waals surface area (Å²) in [5.41, 5.74) is 2.06. The average molecular weight is 347 g/mol. The summed E-state index contributed by atoms with van der Waals surface area (Å²) in [5.74, 6) is -0.141. The molecule has 0 radical (unpaired) electrons. The van der Waals surface area contributed by atoms with Gasteiger partial charge in [0, 0.05) is 11.6 Å². The Kier molecular flexibility index (Phi) is 5.07. The maximum Gasteiger partial charge on any atom is 0.306 e. The Hall–Kier alpha value is -1.59. The molecule has 1 saturated carbocycles. The van der Waals surface area contributed by atoms with Crippen LogP contribution in [-0.4, -0.2) is 34.9 Å². The van der Waals surface area contributed by atoms with E-state index >= 15 is 0 Å². The third-order valence-electron chi connectivity index (χ3n) is 5.52. The molecular formula is C20H29NO4. The van der Waals surface area contributed by atoms with Crippen molar-refractivity contribution in [3.8, 4) is 5.75 Å². The monoisotopic (exact) mass is 347 g/mol. The lowest BCUT2D eigenvalue weighted by molar-refractivity contribution is -0.142. The van der Waals surface area contributed by atoms with Crippen LogP contribution in [0.4, 0.5) is 0 Å². The summed E-state index contributed by atoms with van der Waals surface area (Å²) < 4.78 is 5.93. The van der Waals surface area contributed by atoms with Gasteiger partial charge in [0.2, 0.25) is 0 Å². The third kappa shape index (κ3) is 3.98. The molecule has 0 saturated heterocycles. The Labute approximate surface area is 149 Å². The molecule has 1 aliphatic heterocycles. The molecule has 0 spiro atoms. The van der Waals surface area contributed by atoms with Crippen molar-refractivity contribution in [1.29, 1.82) is 0 Å². The van der Waals surface area contributed by atoms with Crippen LogP contribution in [0, 0.1) is 5.92 Å². The fourth-order valence-corrected chi connectivity index (χ4v) is 3.81. The van der Waals surface area contributed by atoms with Crippen LogP contribution in [0.5, 0.6) is 5.75 Å². The molecule has 1 aliphatic carbocycles. The predicted octanol–water partition coefficient (Wildman–Crippen LogP) is 3.01. The molecule has 1 fully saturated rings. The normalized spacial score (nSPS) is 29.6. The summed E-state index contributed by atoms with van der Waals surface area (Å²) in [5, 5.41) is 23.3. The smallest absolute Gasteiger partial charge is 0.306 e. The molecule has 0 amide bonds. The van der Waals surface area contributed by atoms with Crippen LogP contribution in [0.25, 0.3) is 0 Å². The van der Waals surface area contributed by atoms with Gasteiger partial charge in [0.1, 0.15) is 18.5 Å². The number of ether oxygens (including phenoxy) is 1. The van der Waals surface area contributed by atoms with Gasteiger partial charge in [0.25, 0.3) is 0 Å². The van der Waals surface area contributed by atoms with Gasteiger partial charge in [-0.15, -0.1) is 0 Å². The molecule has 1 heterocycles. The molecule has 3 N–H and O–H groups in total. The number of hydrogen-bond acceptors (Lipinski definition) is 4. The van der Waals surface area contributed by atoms with Gasteiger partial charge >= 0.3 is 5.97 Å². The highest BCUT2D eigenvalue weighted by Gasteiger charge is 2.33. The zero-order valence-electron chi connectivity index (χ0n) is 15.3. The molecule has 2 aliphatic rings. The first-order valence-electron chi connectivity index (χ1n) is 9.20. The van der Waals surface area contributed by atoms with E-state index in [0.717, 1.165) is 24.2 Å². The van der Waals surface area contributed by atoms with E-state index in [2.05, 4.69) is 32.2 Å². The Morgan fingerprint density at radius 2 is 1.88 bits per heavy atom. The molecule has 25 heavy (non-hydrogen) atoms. The van der Waals surface area contributed by atoms with E-state index in [1.807, 2.05) is 12.1 Å². The van der Waals surface area contributed by atoms with E-state index in [4.69, 9.17) is 9.84 Å². The van der Waals surface area contributed by atoms with Crippen molar-refractivity contribution in [3.05, 3.63) is 29.3 Å². The van der Waals surface area contributed by atoms with E-state index in [1.165, 1.54) is 5.56 Å². The van der Waals surface area contributed by atoms with Crippen molar-refractivity contribution in [3.63, 3.8) is 0 Å². The fourth-order valence-electron chi connectivity index (χ4n) is 3.81. The molecule has 1 aromatic carbocycles. The van der Waals surface area contributed by atoms with Crippen molar-refractivity contribution in [2.75, 3.05) is 6.61 Å². The SMILES string of the molecule is CC(C)(C)c1ccc2c(c1)OC[C@@H](N[C@H]1CC[C@H](C(=O)O)CC1)[C@H]2O. The number of benzene rings is 1. The lowest BCUT2D eigenvalue weighted by atomic mass is 9.84. The molecule has 3 rings (SSSR count). The Morgan fingerprint density at radius 1 is 1.20 bits per heavy atom. The highest BCUT2D eigenvalue weighted by Crippen LogP contribution is 2.36. The molecule has 5 heteroatoms. The summed E-state index contributed by atoms with van der Waals surface area (Å²) in [4.78, 5) is 11.1. The largest absolute Gasteiger partial charge is 0.491 e. The van der Waals surface area contributed by atoms with E-state index in [-0.39, 0.29) is 23.4 Å². The lowest BCUT2D eigenvalue weighted by Crippen LogP contribution is -2.48. The number of fused-ring (bicyclic) bond motifs is 1. The van der Waals surface area contributed by atoms with Crippen molar-refractivity contribution in [2.24, 2.45) is 5.92 Å². The van der Waals surface area contributed by atoms with Gasteiger partial charge in [-0.05, 0) is 42.7 Å². The first-order valence-corrected chi connectivity index (χ1v) is 9.20. The van der Waals surface area contributed by atoms with Crippen molar-refractivity contribution in [2.45, 2.75) is 70.1 Å². The van der Waals surface area contributed by atoms with Crippen LogP contribution < -0.4 is 10.1 Å². The van der Waals surface area contributed by atoms with Crippen LogP contribution in [0.3, 0.4) is 0 Å². The molecule has 0 bridgehead atoms. The maximum absolute atomic E-state index is 11.1. The maximum atomic E-state index is 11.1. The predicted molar refractivity (Wildman–Crippen MR) is 95.9 cm³/mol. The average Bonchev–Trinajstić information content (AvgIpc) is 2.57. The van der Waals surface area contributed by atoms with Crippen LogP contribution in [-0.2, 0) is 10.2 Å². The van der Waals surface area contributed by atoms with Gasteiger partial charge in [-0.1, -0.05) is 32.9 Å². The molecule has 1 aromatic rings. The number of carboxylic acids is 1. The number of carboxylic acid groups (broad SMARTS) is 1. The summed E-state index contributed by atoms with van der Waals surface area (Å²) >= 11 is 0. The van der Waals surface area contributed by atoms with Gasteiger partial charge in [-0.25, -0.2) is 0 Å². The number of carbonyl (C=O) groups is 1. The summed E-state index contributed by atoms with van der Waals surface area (Å²) in [7, 11) is 0. The highest BCUT2D eigenvalue weighted by molar-refractivity contribution is 5.70. The standard InChI is InChI=1S/C20H29NO4/c1-20(2,3)13-6-9-15-17(10-13)25-11-16(18(15)22)21-14-7-4-12(5-8-14)19(23)24/h6,9-10,12,14,16,18,21-22H,4-5,7-8,11H2,1-3H3,(H,23,24)/t12-,14-,16-,18+/m1/s1. The highest BCUT2D eigenvalue weighted by atomic mass is 16.5. The number of nitrogens with one attached hydrogen (secondary N) is 1. The first-order chi connectivity index (χ1) is 11.8. The van der Waals surface area contributed by atoms with Gasteiger partial charge in [-0.2, -0.15) is 0 Å². The molecule has 138 valence electrons. The van der Waals surface area contributed by atoms with Gasteiger partial charge < -0.3 is 20.3 Å². The summed E-state index contributed by atoms with van der Waals surface area (Å²) in [6.45, 7) is 6.91. The van der Waals surface area contributed by atoms with Gasteiger partial charge in [-0.3, -0.25) is 4.79 Å². The van der Waals surface area contributed by atoms with Crippen LogP contribution >= 0.6 is 0 Å². The fraction of sp³-hybridized carbons (Fsp3) is 0.650. The minimum absolute atomic E-state index is 0.0429. The second kappa shape index (κ2) is 6.96. The lowest BCUT2D eigenvalue weighted by Gasteiger charge is -2.36. The van der Waals surface area contributed by atoms with Gasteiger partial charge in [0.05, 0.1) is 12.0 Å². The third-order valence-corrected chi connectivity index (χ3v) is 5.52. The molecule has 2 atom stereocenters. The Balaban J connectivity index is 1.64. The van der Waals surface area contributed by atoms with Crippen LogP contribution in [0.2, 0.25) is 0 Å². The Morgan fingerprint density at radius 3 is 2.48 bits per heavy atom. The number of aliphatic carboxylic acids is 1. The minimum atomic E-state index is -0.692.